The lowest BCUT2D eigenvalue weighted by Gasteiger charge is -2.28. The van der Waals surface area contributed by atoms with Crippen LogP contribution in [0.1, 0.15) is 17.3 Å². The Morgan fingerprint density at radius 2 is 1.25 bits per heavy atom. The number of nitrogens with zero attached hydrogens (tertiary/aromatic N) is 3. The molecular weight excluding hydrogens is 639 g/mol. The number of hydrogen-bond donors (Lipinski definition) is 0. The molecule has 11 rings (SSSR count). The first kappa shape index (κ1) is 28.9. The van der Waals surface area contributed by atoms with Crippen LogP contribution in [0.2, 0.25) is 0 Å². The molecule has 3 aliphatic rings. The number of furan rings is 1. The maximum absolute atomic E-state index is 6.26. The highest BCUT2D eigenvalue weighted by Gasteiger charge is 2.38. The molecule has 2 aliphatic carbocycles. The zero-order chi connectivity index (χ0) is 34.2. The van der Waals surface area contributed by atoms with Gasteiger partial charge < -0.3 is 9.15 Å². The fourth-order valence-corrected chi connectivity index (χ4v) is 8.10. The Labute approximate surface area is 299 Å². The Balaban J connectivity index is 1.05. The molecule has 0 fully saturated rings. The minimum atomic E-state index is 0.155. The van der Waals surface area contributed by atoms with E-state index < -0.39 is 0 Å². The molecule has 0 N–H and O–H groups in total. The van der Waals surface area contributed by atoms with Gasteiger partial charge in [0.25, 0.3) is 0 Å². The van der Waals surface area contributed by atoms with Crippen LogP contribution in [-0.2, 0) is 0 Å². The molecule has 5 nitrogen and oxygen atoms in total. The van der Waals surface area contributed by atoms with Crippen LogP contribution >= 0.6 is 0 Å². The van der Waals surface area contributed by atoms with Crippen LogP contribution in [0.5, 0.6) is 5.75 Å². The monoisotopic (exact) mass is 667 g/mol. The van der Waals surface area contributed by atoms with Gasteiger partial charge in [0, 0.05) is 39.0 Å². The van der Waals surface area contributed by atoms with E-state index >= 15 is 0 Å². The van der Waals surface area contributed by atoms with Crippen LogP contribution in [0.25, 0.3) is 72.2 Å². The van der Waals surface area contributed by atoms with Gasteiger partial charge in [0.2, 0.25) is 0 Å². The highest BCUT2D eigenvalue weighted by molar-refractivity contribution is 6.11. The van der Waals surface area contributed by atoms with Gasteiger partial charge in [-0.15, -0.1) is 0 Å². The van der Waals surface area contributed by atoms with Gasteiger partial charge in [-0.25, -0.2) is 15.0 Å². The van der Waals surface area contributed by atoms with Crippen molar-refractivity contribution in [3.8, 4) is 39.7 Å². The summed E-state index contributed by atoms with van der Waals surface area (Å²) in [7, 11) is 0. The van der Waals surface area contributed by atoms with Gasteiger partial charge in [0.1, 0.15) is 22.7 Å². The van der Waals surface area contributed by atoms with Gasteiger partial charge in [-0.2, -0.15) is 0 Å². The molecule has 1 aliphatic heterocycles. The summed E-state index contributed by atoms with van der Waals surface area (Å²) in [6.45, 7) is 0. The van der Waals surface area contributed by atoms with Crippen molar-refractivity contribution in [1.29, 1.82) is 0 Å². The van der Waals surface area contributed by atoms with Gasteiger partial charge in [-0.05, 0) is 57.8 Å². The number of rotatable bonds is 4. The summed E-state index contributed by atoms with van der Waals surface area (Å²) in [4.78, 5) is 15.5. The average molecular weight is 668 g/mol. The van der Waals surface area contributed by atoms with Gasteiger partial charge in [0.15, 0.2) is 17.5 Å². The molecule has 0 radical (unpaired) electrons. The summed E-state index contributed by atoms with van der Waals surface area (Å²) in [5, 5.41) is 4.47. The fraction of sp³-hybridized carbons (Fsp3) is 0.0426. The topological polar surface area (TPSA) is 61.0 Å². The van der Waals surface area contributed by atoms with Crippen molar-refractivity contribution < 1.29 is 9.15 Å². The molecule has 3 heterocycles. The Bertz CT molecular complexity index is 2890. The van der Waals surface area contributed by atoms with E-state index in [-0.39, 0.29) is 11.8 Å². The highest BCUT2D eigenvalue weighted by atomic mass is 16.5. The predicted molar refractivity (Wildman–Crippen MR) is 208 cm³/mol. The van der Waals surface area contributed by atoms with Crippen molar-refractivity contribution in [2.75, 3.05) is 0 Å². The van der Waals surface area contributed by atoms with Crippen LogP contribution in [0, 0.1) is 5.92 Å². The van der Waals surface area contributed by atoms with E-state index in [0.29, 0.717) is 17.5 Å². The maximum Gasteiger partial charge on any atom is 0.164 e. The Hall–Kier alpha value is -6.85. The molecule has 2 aromatic heterocycles. The molecule has 244 valence electrons. The van der Waals surface area contributed by atoms with Gasteiger partial charge in [-0.3, -0.25) is 0 Å². The summed E-state index contributed by atoms with van der Waals surface area (Å²) in [6.07, 6.45) is 10.9. The Morgan fingerprint density at radius 3 is 2.19 bits per heavy atom. The van der Waals surface area contributed by atoms with Crippen molar-refractivity contribution in [3.05, 3.63) is 187 Å². The van der Waals surface area contributed by atoms with Crippen LogP contribution in [0.4, 0.5) is 0 Å². The zero-order valence-electron chi connectivity index (χ0n) is 27.9. The van der Waals surface area contributed by atoms with Crippen molar-refractivity contribution in [2.45, 2.75) is 5.92 Å². The molecule has 5 heteroatoms. The van der Waals surface area contributed by atoms with E-state index in [1.807, 2.05) is 42.5 Å². The molecule has 2 atom stereocenters. The molecule has 0 saturated heterocycles. The summed E-state index contributed by atoms with van der Waals surface area (Å²) >= 11 is 0. The van der Waals surface area contributed by atoms with E-state index in [0.717, 1.165) is 55.7 Å². The van der Waals surface area contributed by atoms with Crippen LogP contribution in [0.3, 0.4) is 0 Å². The lowest BCUT2D eigenvalue weighted by molar-refractivity contribution is 0.409. The van der Waals surface area contributed by atoms with Crippen LogP contribution < -0.4 is 4.74 Å². The maximum atomic E-state index is 6.26. The molecule has 0 amide bonds. The van der Waals surface area contributed by atoms with E-state index in [1.165, 1.54) is 27.5 Å². The summed E-state index contributed by atoms with van der Waals surface area (Å²) in [5.74, 6) is 4.09. The number of para-hydroxylation sites is 2. The van der Waals surface area contributed by atoms with Crippen LogP contribution in [0.15, 0.2) is 180 Å². The second-order valence-corrected chi connectivity index (χ2v) is 13.5. The van der Waals surface area contributed by atoms with Gasteiger partial charge in [0.05, 0.1) is 5.92 Å². The third-order valence-corrected chi connectivity index (χ3v) is 10.6. The lowest BCUT2D eigenvalue weighted by Crippen LogP contribution is -2.18. The normalized spacial score (nSPS) is 17.3. The van der Waals surface area contributed by atoms with Crippen molar-refractivity contribution in [3.63, 3.8) is 0 Å². The number of fused-ring (bicyclic) bond motifs is 9. The Kier molecular flexibility index (Phi) is 6.31. The standard InChI is InChI=1S/C47H29N3O2/c1-2-11-33-28(9-1)10-7-14-34(33)29-19-21-30(22-20-29)45-48-46(50-47(49-45)38-15-8-18-41-44(38)37-13-4-6-17-40(37)51-41)32-23-25-35-31(27-32)24-26-42-43(35)36-12-3-5-16-39(36)52-42/h1-27,35,43H. The third kappa shape index (κ3) is 4.53. The van der Waals surface area contributed by atoms with Crippen molar-refractivity contribution >= 4 is 38.3 Å². The van der Waals surface area contributed by atoms with E-state index in [4.69, 9.17) is 24.1 Å². The number of ether oxygens (including phenoxy) is 1. The largest absolute Gasteiger partial charge is 0.461 e. The summed E-state index contributed by atoms with van der Waals surface area (Å²) < 4.78 is 12.5. The molecule has 52 heavy (non-hydrogen) atoms. The predicted octanol–water partition coefficient (Wildman–Crippen LogP) is 11.5. The molecule has 2 unspecified atom stereocenters. The number of allylic oxidation sites excluding steroid dienone is 8. The van der Waals surface area contributed by atoms with Gasteiger partial charge in [-0.1, -0.05) is 133 Å². The number of hydrogen-bond acceptors (Lipinski definition) is 5. The third-order valence-electron chi connectivity index (χ3n) is 10.6. The number of aromatic nitrogens is 3. The lowest BCUT2D eigenvalue weighted by atomic mass is 9.75. The minimum absolute atomic E-state index is 0.155. The second kappa shape index (κ2) is 11.3. The van der Waals surface area contributed by atoms with Crippen LogP contribution in [-0.4, -0.2) is 15.0 Å². The molecule has 0 spiro atoms. The average Bonchev–Trinajstić information content (AvgIpc) is 3.79. The van der Waals surface area contributed by atoms with E-state index in [1.54, 1.807) is 0 Å². The molecular formula is C47H29N3O2. The summed E-state index contributed by atoms with van der Waals surface area (Å²) in [5.41, 5.74) is 9.16. The molecule has 0 saturated carbocycles. The first-order valence-corrected chi connectivity index (χ1v) is 17.6. The fourth-order valence-electron chi connectivity index (χ4n) is 8.10. The number of benzene rings is 6. The van der Waals surface area contributed by atoms with Gasteiger partial charge >= 0.3 is 0 Å². The van der Waals surface area contributed by atoms with E-state index in [2.05, 4.69) is 121 Å². The van der Waals surface area contributed by atoms with Crippen molar-refractivity contribution in [2.24, 2.45) is 5.92 Å². The second-order valence-electron chi connectivity index (χ2n) is 13.5. The first-order valence-electron chi connectivity index (χ1n) is 17.6. The molecule has 6 aromatic carbocycles. The first-order chi connectivity index (χ1) is 25.7. The zero-order valence-corrected chi connectivity index (χ0v) is 27.9. The smallest absolute Gasteiger partial charge is 0.164 e. The highest BCUT2D eigenvalue weighted by Crippen LogP contribution is 2.51. The summed E-state index contributed by atoms with van der Waals surface area (Å²) in [6, 6.07) is 46.0. The minimum Gasteiger partial charge on any atom is -0.461 e. The molecule has 0 bridgehead atoms. The quantitative estimate of drug-likeness (QED) is 0.187. The Morgan fingerprint density at radius 1 is 0.538 bits per heavy atom. The van der Waals surface area contributed by atoms with E-state index in [9.17, 15) is 0 Å². The SMILES string of the molecule is C1=CC2C(=CC=C3Oc4ccccc4C32)C=C1c1nc(-c2ccc(-c3cccc4ccccc34)cc2)nc(-c2cccc3oc4ccccc4c23)n1. The molecule has 8 aromatic rings. The van der Waals surface area contributed by atoms with Crippen molar-refractivity contribution in [1.82, 2.24) is 15.0 Å².